The van der Waals surface area contributed by atoms with Crippen LogP contribution < -0.4 is 4.74 Å². The van der Waals surface area contributed by atoms with Crippen molar-refractivity contribution in [2.45, 2.75) is 46.5 Å². The van der Waals surface area contributed by atoms with Crippen molar-refractivity contribution in [2.75, 3.05) is 6.61 Å². The van der Waals surface area contributed by atoms with Gasteiger partial charge in [0.2, 0.25) is 0 Å². The molecule has 3 rings (SSSR count). The first-order chi connectivity index (χ1) is 11.6. The van der Waals surface area contributed by atoms with Gasteiger partial charge >= 0.3 is 0 Å². The maximum atomic E-state index is 6.19. The number of aryl methyl sites for hydroxylation is 1. The molecule has 2 heteroatoms. The molecular weight excluding hydrogens is 316 g/mol. The molecule has 0 saturated carbocycles. The summed E-state index contributed by atoms with van der Waals surface area (Å²) in [5.74, 6) is 1.01. The number of hydrogen-bond donors (Lipinski definition) is 0. The van der Waals surface area contributed by atoms with E-state index in [9.17, 15) is 0 Å². The quantitative estimate of drug-likeness (QED) is 0.600. The summed E-state index contributed by atoms with van der Waals surface area (Å²) in [7, 11) is 0. The lowest BCUT2D eigenvalue weighted by Gasteiger charge is -2.15. The van der Waals surface area contributed by atoms with Crippen LogP contribution in [0.1, 0.15) is 48.4 Å². The van der Waals surface area contributed by atoms with Gasteiger partial charge in [-0.25, -0.2) is 0 Å². The van der Waals surface area contributed by atoms with Crippen molar-refractivity contribution in [1.29, 1.82) is 0 Å². The van der Waals surface area contributed by atoms with Crippen molar-refractivity contribution in [1.82, 2.24) is 0 Å². The molecule has 1 nitrogen and oxygen atoms in total. The minimum Gasteiger partial charge on any atom is -0.489 e. The van der Waals surface area contributed by atoms with Gasteiger partial charge in [0.15, 0.2) is 0 Å². The first-order valence-electron chi connectivity index (χ1n) is 8.79. The zero-order chi connectivity index (χ0) is 17.1. The van der Waals surface area contributed by atoms with Crippen LogP contribution >= 0.6 is 11.6 Å². The normalized spacial score (nSPS) is 14.3. The van der Waals surface area contributed by atoms with E-state index in [4.69, 9.17) is 16.3 Å². The van der Waals surface area contributed by atoms with Crippen molar-refractivity contribution >= 4 is 17.2 Å². The van der Waals surface area contributed by atoms with Gasteiger partial charge < -0.3 is 4.74 Å². The summed E-state index contributed by atoms with van der Waals surface area (Å²) in [6, 6.07) is 12.5. The van der Waals surface area contributed by atoms with Gasteiger partial charge in [-0.05, 0) is 91.1 Å². The van der Waals surface area contributed by atoms with E-state index in [0.717, 1.165) is 30.0 Å². The highest BCUT2D eigenvalue weighted by atomic mass is 35.5. The molecule has 0 radical (unpaired) electrons. The second-order valence-electron chi connectivity index (χ2n) is 6.56. The Kier molecular flexibility index (Phi) is 5.30. The number of ether oxygens (including phenoxy) is 1. The second-order valence-corrected chi connectivity index (χ2v) is 6.99. The van der Waals surface area contributed by atoms with E-state index in [0.29, 0.717) is 6.61 Å². The topological polar surface area (TPSA) is 9.23 Å². The molecule has 2 aromatic carbocycles. The van der Waals surface area contributed by atoms with Crippen molar-refractivity contribution in [3.05, 3.63) is 69.2 Å². The largest absolute Gasteiger partial charge is 0.489 e. The van der Waals surface area contributed by atoms with Crippen molar-refractivity contribution in [3.8, 4) is 5.75 Å². The summed E-state index contributed by atoms with van der Waals surface area (Å²) < 4.78 is 6.19. The average molecular weight is 341 g/mol. The third-order valence-electron chi connectivity index (χ3n) is 5.16. The minimum atomic E-state index is 0.684. The van der Waals surface area contributed by atoms with Crippen LogP contribution in [-0.4, -0.2) is 6.61 Å². The molecule has 0 spiro atoms. The molecular formula is C22H25ClO. The van der Waals surface area contributed by atoms with Gasteiger partial charge in [-0.2, -0.15) is 0 Å². The van der Waals surface area contributed by atoms with E-state index >= 15 is 0 Å². The fourth-order valence-corrected chi connectivity index (χ4v) is 3.65. The molecule has 0 atom stereocenters. The lowest BCUT2D eigenvalue weighted by Crippen LogP contribution is -2.04. The molecule has 0 fully saturated rings. The summed E-state index contributed by atoms with van der Waals surface area (Å²) in [5.41, 5.74) is 8.17. The lowest BCUT2D eigenvalue weighted by molar-refractivity contribution is 0.346. The average Bonchev–Trinajstić information content (AvgIpc) is 3.05. The molecule has 1 aliphatic carbocycles. The highest BCUT2D eigenvalue weighted by Crippen LogP contribution is 2.35. The Morgan fingerprint density at radius 1 is 0.958 bits per heavy atom. The number of hydrogen-bond acceptors (Lipinski definition) is 1. The molecule has 126 valence electrons. The van der Waals surface area contributed by atoms with Gasteiger partial charge in [0.05, 0.1) is 0 Å². The fraction of sp³-hybridized carbons (Fsp3) is 0.364. The van der Waals surface area contributed by atoms with E-state index in [2.05, 4.69) is 45.0 Å². The first kappa shape index (κ1) is 17.1. The Bertz CT molecular complexity index is 756. The van der Waals surface area contributed by atoms with E-state index in [1.807, 2.05) is 12.1 Å². The van der Waals surface area contributed by atoms with Crippen molar-refractivity contribution in [2.24, 2.45) is 0 Å². The van der Waals surface area contributed by atoms with Crippen LogP contribution in [0.2, 0.25) is 5.02 Å². The molecule has 0 aliphatic heterocycles. The lowest BCUT2D eigenvalue weighted by atomic mass is 10.0. The first-order valence-corrected chi connectivity index (χ1v) is 9.16. The van der Waals surface area contributed by atoms with Crippen LogP contribution in [0.5, 0.6) is 5.75 Å². The smallest absolute Gasteiger partial charge is 0.122 e. The molecule has 0 saturated heterocycles. The molecule has 1 aliphatic rings. The van der Waals surface area contributed by atoms with Crippen LogP contribution in [0.25, 0.3) is 5.57 Å². The van der Waals surface area contributed by atoms with Crippen LogP contribution in [0.15, 0.2) is 42.0 Å². The van der Waals surface area contributed by atoms with E-state index in [-0.39, 0.29) is 0 Å². The number of halogens is 1. The minimum absolute atomic E-state index is 0.684. The zero-order valence-corrected chi connectivity index (χ0v) is 15.5. The molecule has 0 heterocycles. The van der Waals surface area contributed by atoms with Crippen LogP contribution in [0.4, 0.5) is 0 Å². The summed E-state index contributed by atoms with van der Waals surface area (Å²) >= 11 is 6.01. The molecule has 2 aromatic rings. The van der Waals surface area contributed by atoms with Crippen LogP contribution in [0, 0.1) is 13.8 Å². The SMILES string of the molecule is CCc1ccc(OCC2=C(c3ccc(Cl)cc3)CCC2)c(C)c1C. The van der Waals surface area contributed by atoms with Gasteiger partial charge in [-0.3, -0.25) is 0 Å². The standard InChI is InChI=1S/C22H25ClO/c1-4-17-10-13-22(16(3)15(17)2)24-14-19-6-5-7-21(19)18-8-11-20(23)12-9-18/h8-13H,4-7,14H2,1-3H3. The Labute approximate surface area is 150 Å². The Hall–Kier alpha value is -1.73. The second kappa shape index (κ2) is 7.44. The Balaban J connectivity index is 1.79. The van der Waals surface area contributed by atoms with Gasteiger partial charge in [0.25, 0.3) is 0 Å². The van der Waals surface area contributed by atoms with Crippen LogP contribution in [-0.2, 0) is 6.42 Å². The predicted molar refractivity (Wildman–Crippen MR) is 103 cm³/mol. The number of benzene rings is 2. The summed E-state index contributed by atoms with van der Waals surface area (Å²) in [4.78, 5) is 0. The number of rotatable bonds is 5. The van der Waals surface area contributed by atoms with Gasteiger partial charge in [0.1, 0.15) is 12.4 Å². The van der Waals surface area contributed by atoms with E-state index in [1.165, 1.54) is 39.8 Å². The monoisotopic (exact) mass is 340 g/mol. The fourth-order valence-electron chi connectivity index (χ4n) is 3.52. The summed E-state index contributed by atoms with van der Waals surface area (Å²) in [5, 5.41) is 0.789. The Morgan fingerprint density at radius 3 is 2.42 bits per heavy atom. The zero-order valence-electron chi connectivity index (χ0n) is 14.8. The Morgan fingerprint density at radius 2 is 1.71 bits per heavy atom. The maximum absolute atomic E-state index is 6.19. The van der Waals surface area contributed by atoms with Crippen molar-refractivity contribution < 1.29 is 4.74 Å². The van der Waals surface area contributed by atoms with Crippen LogP contribution in [0.3, 0.4) is 0 Å². The summed E-state index contributed by atoms with van der Waals surface area (Å²) in [6.07, 6.45) is 4.54. The predicted octanol–water partition coefficient (Wildman–Crippen LogP) is 6.54. The molecule has 0 unspecified atom stereocenters. The molecule has 0 aromatic heterocycles. The molecule has 0 bridgehead atoms. The van der Waals surface area contributed by atoms with E-state index in [1.54, 1.807) is 0 Å². The molecule has 24 heavy (non-hydrogen) atoms. The third kappa shape index (κ3) is 3.52. The highest BCUT2D eigenvalue weighted by molar-refractivity contribution is 6.30. The highest BCUT2D eigenvalue weighted by Gasteiger charge is 2.17. The number of allylic oxidation sites excluding steroid dienone is 1. The molecule has 0 N–H and O–H groups in total. The summed E-state index contributed by atoms with van der Waals surface area (Å²) in [6.45, 7) is 7.23. The maximum Gasteiger partial charge on any atom is 0.122 e. The van der Waals surface area contributed by atoms with Gasteiger partial charge in [0, 0.05) is 5.02 Å². The van der Waals surface area contributed by atoms with Gasteiger partial charge in [-0.1, -0.05) is 36.7 Å². The molecule has 0 amide bonds. The van der Waals surface area contributed by atoms with Gasteiger partial charge in [-0.15, -0.1) is 0 Å². The third-order valence-corrected chi connectivity index (χ3v) is 5.41. The van der Waals surface area contributed by atoms with Crippen molar-refractivity contribution in [3.63, 3.8) is 0 Å². The van der Waals surface area contributed by atoms with E-state index < -0.39 is 0 Å².